The number of alkyl halides is 5. The van der Waals surface area contributed by atoms with E-state index in [-0.39, 0.29) is 5.69 Å². The first-order valence-electron chi connectivity index (χ1n) is 8.32. The number of para-hydroxylation sites is 1. The lowest BCUT2D eigenvalue weighted by molar-refractivity contribution is -0.137. The van der Waals surface area contributed by atoms with Crippen LogP contribution < -0.4 is 5.32 Å². The fourth-order valence-corrected chi connectivity index (χ4v) is 3.47. The molecule has 0 amide bonds. The van der Waals surface area contributed by atoms with Gasteiger partial charge in [0.25, 0.3) is 5.92 Å². The first kappa shape index (κ1) is 20.2. The molecule has 0 bridgehead atoms. The minimum Gasteiger partial charge on any atom is -0.355 e. The number of nitrogens with one attached hydrogen (secondary N) is 1. The lowest BCUT2D eigenvalue weighted by Gasteiger charge is -2.18. The van der Waals surface area contributed by atoms with Gasteiger partial charge in [-0.2, -0.15) is 13.2 Å². The molecule has 0 aliphatic heterocycles. The lowest BCUT2D eigenvalue weighted by atomic mass is 10.0. The monoisotopic (exact) mass is 409 g/mol. The molecule has 0 heterocycles. The highest BCUT2D eigenvalue weighted by Gasteiger charge is 2.34. The van der Waals surface area contributed by atoms with E-state index in [0.717, 1.165) is 21.9 Å². The molecule has 3 aromatic carbocycles. The van der Waals surface area contributed by atoms with Gasteiger partial charge >= 0.3 is 6.18 Å². The molecule has 0 aromatic heterocycles. The Balaban J connectivity index is 1.98. The first-order valence-corrected chi connectivity index (χ1v) is 9.14. The summed E-state index contributed by atoms with van der Waals surface area (Å²) in [7, 11) is 0. The fraction of sp³-hybridized carbons (Fsp3) is 0.143. The fourth-order valence-electron chi connectivity index (χ4n) is 2.55. The van der Waals surface area contributed by atoms with E-state index in [1.165, 1.54) is 11.8 Å². The predicted molar refractivity (Wildman–Crippen MR) is 101 cm³/mol. The van der Waals surface area contributed by atoms with Gasteiger partial charge in [-0.3, -0.25) is 0 Å². The number of benzene rings is 3. The third kappa shape index (κ3) is 5.04. The molecule has 1 nitrogen and oxygen atoms in total. The van der Waals surface area contributed by atoms with E-state index in [1.54, 1.807) is 18.2 Å². The third-order valence-electron chi connectivity index (χ3n) is 3.90. The Morgan fingerprint density at radius 1 is 0.750 bits per heavy atom. The second-order valence-corrected chi connectivity index (χ2v) is 7.34. The first-order chi connectivity index (χ1) is 13.1. The number of rotatable bonds is 5. The summed E-state index contributed by atoms with van der Waals surface area (Å²) in [5.41, 5.74) is -1.34. The molecule has 0 radical (unpaired) electrons. The van der Waals surface area contributed by atoms with Crippen molar-refractivity contribution in [2.75, 3.05) is 5.32 Å². The Hall–Kier alpha value is -2.54. The molecule has 0 saturated carbocycles. The Morgan fingerprint density at radius 3 is 2.00 bits per heavy atom. The minimum absolute atomic E-state index is 0.0486. The lowest BCUT2D eigenvalue weighted by Crippen LogP contribution is -2.12. The summed E-state index contributed by atoms with van der Waals surface area (Å²) in [6, 6.07) is 18.8. The molecule has 0 unspecified atom stereocenters. The average Bonchev–Trinajstić information content (AvgIpc) is 2.62. The van der Waals surface area contributed by atoms with Crippen molar-refractivity contribution in [2.24, 2.45) is 0 Å². The zero-order chi connectivity index (χ0) is 20.4. The highest BCUT2D eigenvalue weighted by Crippen LogP contribution is 2.39. The van der Waals surface area contributed by atoms with Gasteiger partial charge in [-0.05, 0) is 42.5 Å². The van der Waals surface area contributed by atoms with E-state index in [1.807, 2.05) is 36.4 Å². The van der Waals surface area contributed by atoms with Crippen LogP contribution in [0.1, 0.15) is 18.1 Å². The molecule has 0 aliphatic carbocycles. The standard InChI is InChI=1S/C21H16F5NS/c1-20(22,23)14-11-15(21(24,25)26)13-16(12-14)27-18-9-5-6-10-19(18)28-17-7-3-2-4-8-17/h2-13,27H,1H3. The molecular formula is C21H16F5NS. The minimum atomic E-state index is -4.73. The van der Waals surface area contributed by atoms with Gasteiger partial charge in [-0.25, -0.2) is 8.78 Å². The summed E-state index contributed by atoms with van der Waals surface area (Å²) >= 11 is 1.42. The second-order valence-electron chi connectivity index (χ2n) is 6.22. The number of hydrogen-bond donors (Lipinski definition) is 1. The van der Waals surface area contributed by atoms with Gasteiger partial charge in [0.15, 0.2) is 0 Å². The van der Waals surface area contributed by atoms with Crippen molar-refractivity contribution < 1.29 is 22.0 Å². The maximum absolute atomic E-state index is 13.7. The van der Waals surface area contributed by atoms with Gasteiger partial charge in [0.2, 0.25) is 0 Å². The van der Waals surface area contributed by atoms with Crippen molar-refractivity contribution in [1.82, 2.24) is 0 Å². The van der Waals surface area contributed by atoms with Crippen LogP contribution in [0.3, 0.4) is 0 Å². The van der Waals surface area contributed by atoms with Crippen LogP contribution in [-0.2, 0) is 12.1 Å². The Bertz CT molecular complexity index is 917. The van der Waals surface area contributed by atoms with Crippen molar-refractivity contribution in [2.45, 2.75) is 28.8 Å². The van der Waals surface area contributed by atoms with Gasteiger partial charge in [0, 0.05) is 28.0 Å². The molecule has 7 heteroatoms. The molecule has 28 heavy (non-hydrogen) atoms. The summed E-state index contributed by atoms with van der Waals surface area (Å²) in [5, 5.41) is 2.86. The highest BCUT2D eigenvalue weighted by atomic mass is 32.2. The zero-order valence-corrected chi connectivity index (χ0v) is 15.5. The molecule has 0 fully saturated rings. The van der Waals surface area contributed by atoms with Crippen LogP contribution in [0.2, 0.25) is 0 Å². The molecule has 3 aromatic rings. The SMILES string of the molecule is CC(F)(F)c1cc(Nc2ccccc2Sc2ccccc2)cc(C(F)(F)F)c1. The van der Waals surface area contributed by atoms with E-state index in [4.69, 9.17) is 0 Å². The van der Waals surface area contributed by atoms with Crippen LogP contribution in [0, 0.1) is 0 Å². The van der Waals surface area contributed by atoms with Crippen LogP contribution in [0.25, 0.3) is 0 Å². The number of anilines is 2. The summed E-state index contributed by atoms with van der Waals surface area (Å²) < 4.78 is 66.9. The van der Waals surface area contributed by atoms with E-state index >= 15 is 0 Å². The third-order valence-corrected chi connectivity index (χ3v) is 4.99. The summed E-state index contributed by atoms with van der Waals surface area (Å²) in [4.78, 5) is 1.71. The average molecular weight is 409 g/mol. The van der Waals surface area contributed by atoms with Crippen LogP contribution in [-0.4, -0.2) is 0 Å². The van der Waals surface area contributed by atoms with Crippen molar-refractivity contribution in [1.29, 1.82) is 0 Å². The van der Waals surface area contributed by atoms with E-state index in [0.29, 0.717) is 18.7 Å². The summed E-state index contributed by atoms with van der Waals surface area (Å²) in [6.45, 7) is 0.575. The van der Waals surface area contributed by atoms with Crippen molar-refractivity contribution >= 4 is 23.1 Å². The van der Waals surface area contributed by atoms with Crippen LogP contribution in [0.15, 0.2) is 82.6 Å². The van der Waals surface area contributed by atoms with E-state index in [9.17, 15) is 22.0 Å². The van der Waals surface area contributed by atoms with Crippen molar-refractivity contribution in [3.8, 4) is 0 Å². The smallest absolute Gasteiger partial charge is 0.355 e. The molecular weight excluding hydrogens is 393 g/mol. The molecule has 3 rings (SSSR count). The zero-order valence-electron chi connectivity index (χ0n) is 14.7. The van der Waals surface area contributed by atoms with Gasteiger partial charge in [-0.1, -0.05) is 42.1 Å². The van der Waals surface area contributed by atoms with Gasteiger partial charge in [0.1, 0.15) is 0 Å². The Labute approximate surface area is 163 Å². The maximum Gasteiger partial charge on any atom is 0.416 e. The number of halogens is 5. The Morgan fingerprint density at radius 2 is 1.36 bits per heavy atom. The van der Waals surface area contributed by atoms with Crippen LogP contribution in [0.5, 0.6) is 0 Å². The topological polar surface area (TPSA) is 12.0 Å². The van der Waals surface area contributed by atoms with Gasteiger partial charge in [0.05, 0.1) is 11.3 Å². The van der Waals surface area contributed by atoms with Crippen molar-refractivity contribution in [3.63, 3.8) is 0 Å². The van der Waals surface area contributed by atoms with Gasteiger partial charge in [-0.15, -0.1) is 0 Å². The molecule has 0 saturated heterocycles. The molecule has 146 valence electrons. The summed E-state index contributed by atoms with van der Waals surface area (Å²) in [5.74, 6) is -3.39. The van der Waals surface area contributed by atoms with Crippen molar-refractivity contribution in [3.05, 3.63) is 83.9 Å². The van der Waals surface area contributed by atoms with Crippen LogP contribution in [0.4, 0.5) is 33.3 Å². The highest BCUT2D eigenvalue weighted by molar-refractivity contribution is 7.99. The second kappa shape index (κ2) is 7.83. The normalized spacial score (nSPS) is 12.1. The molecule has 0 atom stereocenters. The Kier molecular flexibility index (Phi) is 5.65. The quantitative estimate of drug-likeness (QED) is 0.433. The van der Waals surface area contributed by atoms with Crippen LogP contribution >= 0.6 is 11.8 Å². The van der Waals surface area contributed by atoms with Gasteiger partial charge < -0.3 is 5.32 Å². The summed E-state index contributed by atoms with van der Waals surface area (Å²) in [6.07, 6.45) is -4.73. The molecule has 0 aliphatic rings. The number of hydrogen-bond acceptors (Lipinski definition) is 2. The van der Waals surface area contributed by atoms with E-state index in [2.05, 4.69) is 5.32 Å². The predicted octanol–water partition coefficient (Wildman–Crippen LogP) is 7.71. The molecule has 1 N–H and O–H groups in total. The maximum atomic E-state index is 13.7. The molecule has 0 spiro atoms. The largest absolute Gasteiger partial charge is 0.416 e. The van der Waals surface area contributed by atoms with E-state index < -0.39 is 23.2 Å².